The van der Waals surface area contributed by atoms with Gasteiger partial charge in [0.15, 0.2) is 21.4 Å². The highest BCUT2D eigenvalue weighted by Gasteiger charge is 2.48. The third kappa shape index (κ3) is 5.24. The van der Waals surface area contributed by atoms with Gasteiger partial charge < -0.3 is 28.3 Å². The normalized spacial score (nSPS) is 22.2. The third-order valence-corrected chi connectivity index (χ3v) is 9.03. The Morgan fingerprint density at radius 2 is 1.75 bits per heavy atom. The van der Waals surface area contributed by atoms with Crippen LogP contribution in [0.25, 0.3) is 33.5 Å². The molecule has 9 nitrogen and oxygen atoms in total. The molecule has 2 aromatic heterocycles. The zero-order valence-corrected chi connectivity index (χ0v) is 24.2. The maximum atomic E-state index is 10.1. The van der Waals surface area contributed by atoms with Gasteiger partial charge in [0, 0.05) is 12.2 Å². The predicted octanol–water partition coefficient (Wildman–Crippen LogP) is 3.51. The predicted molar refractivity (Wildman–Crippen MR) is 153 cm³/mol. The highest BCUT2D eigenvalue weighted by Crippen LogP contribution is 2.34. The molecule has 0 bridgehead atoms. The molecule has 206 valence electrons. The van der Waals surface area contributed by atoms with Crippen LogP contribution in [0.5, 0.6) is 6.01 Å². The summed E-state index contributed by atoms with van der Waals surface area (Å²) in [6.45, 7) is 3.32. The number of aromatic nitrogens is 3. The van der Waals surface area contributed by atoms with Gasteiger partial charge >= 0.3 is 0 Å². The molecule has 2 aromatic carbocycles. The number of aliphatic hydroxyl groups is 1. The van der Waals surface area contributed by atoms with Crippen LogP contribution in [-0.2, 0) is 14.2 Å². The Morgan fingerprint density at radius 3 is 2.48 bits per heavy atom. The average molecular weight is 577 g/mol. The van der Waals surface area contributed by atoms with Crippen molar-refractivity contribution in [2.45, 2.75) is 37.8 Å². The lowest BCUT2D eigenvalue weighted by Crippen LogP contribution is -2.35. The molecule has 0 spiro atoms. The summed E-state index contributed by atoms with van der Waals surface area (Å²) in [4.78, 5) is 9.62. The number of halogens is 1. The first-order chi connectivity index (χ1) is 19.6. The molecule has 4 aromatic rings. The van der Waals surface area contributed by atoms with Gasteiger partial charge in [-0.2, -0.15) is 10.2 Å². The lowest BCUT2D eigenvalue weighted by atomic mass is 10.0. The Bertz CT molecular complexity index is 1540. The number of hydrogen-bond donors (Lipinski definition) is 1. The van der Waals surface area contributed by atoms with Gasteiger partial charge in [0.25, 0.3) is 6.01 Å². The molecule has 0 amide bonds. The second kappa shape index (κ2) is 11.7. The number of aliphatic hydroxyl groups excluding tert-OH is 1. The molecule has 2 aliphatic heterocycles. The number of hydrogen-bond acceptors (Lipinski definition) is 8. The fourth-order valence-electron chi connectivity index (χ4n) is 5.15. The van der Waals surface area contributed by atoms with E-state index in [4.69, 9.17) is 45.8 Å². The Kier molecular flexibility index (Phi) is 7.84. The molecule has 2 fully saturated rings. The minimum absolute atomic E-state index is 0.232. The fraction of sp³-hybridized carbons (Fsp3) is 0.345. The average Bonchev–Trinajstić information content (AvgIpc) is 3.66. The van der Waals surface area contributed by atoms with E-state index in [0.717, 1.165) is 28.6 Å². The molecule has 2 saturated heterocycles. The third-order valence-electron chi connectivity index (χ3n) is 7.21. The van der Waals surface area contributed by atoms with Crippen LogP contribution < -0.4 is 4.74 Å². The van der Waals surface area contributed by atoms with Crippen LogP contribution in [-0.4, -0.2) is 79.5 Å². The first-order valence-electron chi connectivity index (χ1n) is 13.4. The molecule has 2 aliphatic rings. The summed E-state index contributed by atoms with van der Waals surface area (Å²) in [5.74, 6) is 0. The van der Waals surface area contributed by atoms with E-state index in [0.29, 0.717) is 47.4 Å². The number of benzene rings is 2. The Morgan fingerprint density at radius 1 is 1.05 bits per heavy atom. The van der Waals surface area contributed by atoms with E-state index < -0.39 is 15.8 Å². The van der Waals surface area contributed by atoms with Crippen LogP contribution in [0.3, 0.4) is 0 Å². The van der Waals surface area contributed by atoms with Crippen molar-refractivity contribution in [1.29, 1.82) is 5.26 Å². The highest BCUT2D eigenvalue weighted by atomic mass is 35.5. The van der Waals surface area contributed by atoms with Crippen LogP contribution in [0.15, 0.2) is 54.6 Å². The van der Waals surface area contributed by atoms with Gasteiger partial charge in [-0.3, -0.25) is 0 Å². The number of nitrogens with zero attached hydrogens (tertiary/aromatic N) is 4. The smallest absolute Gasteiger partial charge is 0.290 e. The molecular formula is C29H29ClN4O5Si. The van der Waals surface area contributed by atoms with Crippen molar-refractivity contribution in [3.63, 3.8) is 0 Å². The van der Waals surface area contributed by atoms with E-state index in [2.05, 4.69) is 17.2 Å². The molecule has 40 heavy (non-hydrogen) atoms. The van der Waals surface area contributed by atoms with Gasteiger partial charge in [-0.1, -0.05) is 54.9 Å². The molecule has 4 heterocycles. The van der Waals surface area contributed by atoms with Gasteiger partial charge in [-0.15, -0.1) is 0 Å². The topological polar surface area (TPSA) is 112 Å². The van der Waals surface area contributed by atoms with Gasteiger partial charge in [0.05, 0.1) is 47.3 Å². The van der Waals surface area contributed by atoms with E-state index in [-0.39, 0.29) is 24.9 Å². The first kappa shape index (κ1) is 26.9. The molecule has 0 radical (unpaired) electrons. The van der Waals surface area contributed by atoms with Crippen molar-refractivity contribution in [1.82, 2.24) is 14.2 Å². The molecular weight excluding hydrogens is 548 g/mol. The number of imidazole rings is 1. The quantitative estimate of drug-likeness (QED) is 0.238. The van der Waals surface area contributed by atoms with Crippen LogP contribution in [0, 0.1) is 11.3 Å². The summed E-state index contributed by atoms with van der Waals surface area (Å²) in [7, 11) is -0.983. The van der Waals surface area contributed by atoms with Crippen molar-refractivity contribution in [3.8, 4) is 34.5 Å². The van der Waals surface area contributed by atoms with Crippen molar-refractivity contribution >= 4 is 32.4 Å². The first-order valence-corrected chi connectivity index (χ1v) is 15.4. The van der Waals surface area contributed by atoms with Crippen molar-refractivity contribution in [3.05, 3.63) is 65.2 Å². The molecule has 0 saturated carbocycles. The summed E-state index contributed by atoms with van der Waals surface area (Å²) >= 11 is 6.79. The van der Waals surface area contributed by atoms with Crippen molar-refractivity contribution in [2.75, 3.05) is 26.1 Å². The van der Waals surface area contributed by atoms with Gasteiger partial charge in [-0.25, -0.2) is 4.98 Å². The van der Waals surface area contributed by atoms with Gasteiger partial charge in [-0.05, 0) is 35.7 Å². The van der Waals surface area contributed by atoms with E-state index in [1.807, 2.05) is 42.5 Å². The number of pyridine rings is 1. The van der Waals surface area contributed by atoms with Crippen LogP contribution in [0.4, 0.5) is 0 Å². The maximum absolute atomic E-state index is 10.1. The highest BCUT2D eigenvalue weighted by molar-refractivity contribution is 6.37. The minimum atomic E-state index is -0.983. The Hall–Kier alpha value is -3.30. The lowest BCUT2D eigenvalue weighted by Gasteiger charge is -2.18. The largest absolute Gasteiger partial charge is 0.456 e. The molecule has 0 unspecified atom stereocenters. The van der Waals surface area contributed by atoms with Crippen LogP contribution in [0.1, 0.15) is 18.9 Å². The molecule has 1 N–H and O–H groups in total. The minimum Gasteiger partial charge on any atom is -0.456 e. The number of rotatable bonds is 9. The number of fused-ring (bicyclic) bond motifs is 2. The van der Waals surface area contributed by atoms with Gasteiger partial charge in [0.2, 0.25) is 0 Å². The Balaban J connectivity index is 1.30. The maximum Gasteiger partial charge on any atom is 0.290 e. The Labute approximate surface area is 239 Å². The summed E-state index contributed by atoms with van der Waals surface area (Å²) < 4.78 is 25.7. The van der Waals surface area contributed by atoms with Gasteiger partial charge in [0.1, 0.15) is 18.3 Å². The summed E-state index contributed by atoms with van der Waals surface area (Å²) in [6, 6.07) is 19.9. The zero-order valence-electron chi connectivity index (χ0n) is 22.0. The molecule has 4 atom stereocenters. The van der Waals surface area contributed by atoms with Crippen LogP contribution >= 0.6 is 11.6 Å². The number of nitriles is 1. The monoisotopic (exact) mass is 576 g/mol. The van der Waals surface area contributed by atoms with Crippen molar-refractivity contribution in [2.24, 2.45) is 0 Å². The van der Waals surface area contributed by atoms with E-state index >= 15 is 0 Å². The van der Waals surface area contributed by atoms with E-state index in [1.165, 1.54) is 0 Å². The second-order valence-corrected chi connectivity index (χ2v) is 11.8. The zero-order chi connectivity index (χ0) is 27.6. The fourth-order valence-corrected chi connectivity index (χ4v) is 6.73. The molecule has 0 aliphatic carbocycles. The summed E-state index contributed by atoms with van der Waals surface area (Å²) in [5.41, 5.74) is 5.51. The summed E-state index contributed by atoms with van der Waals surface area (Å²) in [6.07, 6.45) is -0.199. The standard InChI is InChI=1S/C29H29ClN4O5Si/c1-2-11-36-16-40-34-22-12-21(30)25(20-9-7-19(8-10-20)18-5-3-17(13-31)4-6-18)32-28(22)33-29(34)39-24-15-38-26-23(35)14-37-27(24)26/h3-10,12,23-24,26-27,35H,2,11,14-16,40H2,1H3/t23-,24-,26-,27-/m1/s1. The SMILES string of the molecule is CCCOC[SiH2]n1c(O[C@@H]2CO[C@H]3[C@@H]2OC[C@H]3O)nc2nc(-c3ccc(-c4ccc(C#N)cc4)cc3)c(Cl)cc21. The number of ether oxygens (including phenoxy) is 4. The lowest BCUT2D eigenvalue weighted by molar-refractivity contribution is 0.00675. The van der Waals surface area contributed by atoms with E-state index in [1.54, 1.807) is 12.1 Å². The second-order valence-electron chi connectivity index (χ2n) is 9.91. The summed E-state index contributed by atoms with van der Waals surface area (Å²) in [5, 5.41) is 19.7. The molecule has 6 rings (SSSR count). The van der Waals surface area contributed by atoms with Crippen LogP contribution in [0.2, 0.25) is 5.02 Å². The molecule has 11 heteroatoms. The van der Waals surface area contributed by atoms with E-state index in [9.17, 15) is 5.11 Å². The van der Waals surface area contributed by atoms with Crippen molar-refractivity contribution < 1.29 is 24.1 Å².